The molecular formula is C15H29NO2. The van der Waals surface area contributed by atoms with Crippen LogP contribution < -0.4 is 0 Å². The Bertz CT molecular complexity index is 241. The van der Waals surface area contributed by atoms with Crippen LogP contribution in [-0.4, -0.2) is 49.0 Å². The molecule has 1 aliphatic heterocycles. The van der Waals surface area contributed by atoms with Gasteiger partial charge in [-0.1, -0.05) is 13.8 Å². The third kappa shape index (κ3) is 3.46. The van der Waals surface area contributed by atoms with E-state index >= 15 is 0 Å². The molecule has 1 N–H and O–H groups in total. The van der Waals surface area contributed by atoms with Crippen molar-refractivity contribution in [3.05, 3.63) is 0 Å². The molecule has 0 spiro atoms. The molecule has 1 heterocycles. The van der Waals surface area contributed by atoms with Gasteiger partial charge in [0, 0.05) is 31.7 Å². The first-order valence-electron chi connectivity index (χ1n) is 7.54. The van der Waals surface area contributed by atoms with Crippen LogP contribution in [0.4, 0.5) is 0 Å². The normalized spacial score (nSPS) is 39.2. The molecule has 2 rings (SSSR count). The zero-order valence-electron chi connectivity index (χ0n) is 12.1. The maximum Gasteiger partial charge on any atom is 0.0585 e. The monoisotopic (exact) mass is 255 g/mol. The van der Waals surface area contributed by atoms with Gasteiger partial charge in [-0.25, -0.2) is 0 Å². The van der Waals surface area contributed by atoms with Crippen LogP contribution in [0.15, 0.2) is 0 Å². The summed E-state index contributed by atoms with van der Waals surface area (Å²) in [7, 11) is 2.22. The van der Waals surface area contributed by atoms with E-state index in [-0.39, 0.29) is 6.10 Å². The standard InChI is InChI=1S/C15H29NO2/c1-11-8-12(2)14(15(17)9-11)10-16(3)13-4-6-18-7-5-13/h11-15,17H,4-10H2,1-3H3. The summed E-state index contributed by atoms with van der Waals surface area (Å²) >= 11 is 0. The molecule has 4 unspecified atom stereocenters. The van der Waals surface area contributed by atoms with Crippen LogP contribution in [0.5, 0.6) is 0 Å². The second kappa shape index (κ2) is 6.36. The molecule has 2 fully saturated rings. The SMILES string of the molecule is CC1CC(C)C(CN(C)C2CCOCC2)C(O)C1. The minimum atomic E-state index is -0.106. The summed E-state index contributed by atoms with van der Waals surface area (Å²) in [5.41, 5.74) is 0. The molecule has 0 aromatic carbocycles. The van der Waals surface area contributed by atoms with E-state index < -0.39 is 0 Å². The summed E-state index contributed by atoms with van der Waals surface area (Å²) in [6.45, 7) is 7.41. The van der Waals surface area contributed by atoms with E-state index in [1.54, 1.807) is 0 Å². The van der Waals surface area contributed by atoms with E-state index in [2.05, 4.69) is 25.8 Å². The molecule has 1 aliphatic carbocycles. The van der Waals surface area contributed by atoms with Crippen molar-refractivity contribution in [2.45, 2.75) is 51.7 Å². The van der Waals surface area contributed by atoms with Crippen LogP contribution in [0.2, 0.25) is 0 Å². The molecule has 4 atom stereocenters. The first-order chi connectivity index (χ1) is 8.58. The Hall–Kier alpha value is -0.120. The topological polar surface area (TPSA) is 32.7 Å². The third-order valence-corrected chi connectivity index (χ3v) is 4.96. The Morgan fingerprint density at radius 1 is 1.17 bits per heavy atom. The summed E-state index contributed by atoms with van der Waals surface area (Å²) in [4.78, 5) is 2.46. The molecule has 1 saturated carbocycles. The lowest BCUT2D eigenvalue weighted by Crippen LogP contribution is -2.45. The smallest absolute Gasteiger partial charge is 0.0585 e. The summed E-state index contributed by atoms with van der Waals surface area (Å²) in [5, 5.41) is 10.3. The van der Waals surface area contributed by atoms with E-state index in [0.717, 1.165) is 39.0 Å². The van der Waals surface area contributed by atoms with Crippen molar-refractivity contribution >= 4 is 0 Å². The third-order valence-electron chi connectivity index (χ3n) is 4.96. The average Bonchev–Trinajstić information content (AvgIpc) is 2.34. The number of hydrogen-bond acceptors (Lipinski definition) is 3. The number of aliphatic hydroxyl groups is 1. The fourth-order valence-electron chi connectivity index (χ4n) is 3.78. The fraction of sp³-hybridized carbons (Fsp3) is 1.00. The Balaban J connectivity index is 1.87. The van der Waals surface area contributed by atoms with E-state index in [1.807, 2.05) is 0 Å². The van der Waals surface area contributed by atoms with Gasteiger partial charge in [-0.3, -0.25) is 0 Å². The van der Waals surface area contributed by atoms with E-state index in [4.69, 9.17) is 4.74 Å². The lowest BCUT2D eigenvalue weighted by Gasteiger charge is -2.41. The summed E-state index contributed by atoms with van der Waals surface area (Å²) in [6, 6.07) is 0.650. The minimum Gasteiger partial charge on any atom is -0.393 e. The van der Waals surface area contributed by atoms with Gasteiger partial charge in [-0.05, 0) is 44.6 Å². The first-order valence-corrected chi connectivity index (χ1v) is 7.54. The van der Waals surface area contributed by atoms with Crippen LogP contribution >= 0.6 is 0 Å². The van der Waals surface area contributed by atoms with Crippen molar-refractivity contribution in [3.63, 3.8) is 0 Å². The predicted molar refractivity (Wildman–Crippen MR) is 73.5 cm³/mol. The number of nitrogens with zero attached hydrogens (tertiary/aromatic N) is 1. The molecule has 3 nitrogen and oxygen atoms in total. The molecule has 1 saturated heterocycles. The highest BCUT2D eigenvalue weighted by molar-refractivity contribution is 4.86. The van der Waals surface area contributed by atoms with Crippen LogP contribution in [0.1, 0.15) is 39.5 Å². The molecule has 18 heavy (non-hydrogen) atoms. The van der Waals surface area contributed by atoms with Crippen molar-refractivity contribution < 1.29 is 9.84 Å². The molecule has 0 amide bonds. The largest absolute Gasteiger partial charge is 0.393 e. The van der Waals surface area contributed by atoms with Gasteiger partial charge < -0.3 is 14.7 Å². The number of rotatable bonds is 3. The zero-order chi connectivity index (χ0) is 13.1. The zero-order valence-corrected chi connectivity index (χ0v) is 12.1. The van der Waals surface area contributed by atoms with Crippen LogP contribution in [0.25, 0.3) is 0 Å². The Kier molecular flexibility index (Phi) is 5.05. The van der Waals surface area contributed by atoms with Crippen molar-refractivity contribution in [1.29, 1.82) is 0 Å². The maximum absolute atomic E-state index is 10.3. The first kappa shape index (κ1) is 14.3. The second-order valence-corrected chi connectivity index (χ2v) is 6.57. The quantitative estimate of drug-likeness (QED) is 0.838. The highest BCUT2D eigenvalue weighted by Gasteiger charge is 2.34. The van der Waals surface area contributed by atoms with Crippen molar-refractivity contribution in [2.75, 3.05) is 26.8 Å². The van der Waals surface area contributed by atoms with E-state index in [9.17, 15) is 5.11 Å². The molecular weight excluding hydrogens is 226 g/mol. The Labute approximate surface area is 112 Å². The van der Waals surface area contributed by atoms with Gasteiger partial charge in [0.25, 0.3) is 0 Å². The lowest BCUT2D eigenvalue weighted by atomic mass is 9.73. The molecule has 3 heteroatoms. The number of aliphatic hydroxyl groups excluding tert-OH is 1. The van der Waals surface area contributed by atoms with Crippen molar-refractivity contribution in [3.8, 4) is 0 Å². The van der Waals surface area contributed by atoms with Gasteiger partial charge in [-0.15, -0.1) is 0 Å². The average molecular weight is 255 g/mol. The van der Waals surface area contributed by atoms with Crippen molar-refractivity contribution in [2.24, 2.45) is 17.8 Å². The minimum absolute atomic E-state index is 0.106. The molecule has 0 bridgehead atoms. The highest BCUT2D eigenvalue weighted by atomic mass is 16.5. The number of ether oxygens (including phenoxy) is 1. The van der Waals surface area contributed by atoms with Gasteiger partial charge in [-0.2, -0.15) is 0 Å². The summed E-state index contributed by atoms with van der Waals surface area (Å²) in [5.74, 6) is 1.78. The highest BCUT2D eigenvalue weighted by Crippen LogP contribution is 2.34. The Morgan fingerprint density at radius 3 is 2.44 bits per heavy atom. The van der Waals surface area contributed by atoms with E-state index in [0.29, 0.717) is 23.8 Å². The lowest BCUT2D eigenvalue weighted by molar-refractivity contribution is -0.0178. The van der Waals surface area contributed by atoms with Gasteiger partial charge in [0.05, 0.1) is 6.10 Å². The summed E-state index contributed by atoms with van der Waals surface area (Å²) < 4.78 is 5.42. The van der Waals surface area contributed by atoms with Crippen molar-refractivity contribution in [1.82, 2.24) is 4.90 Å². The van der Waals surface area contributed by atoms with Crippen LogP contribution in [0, 0.1) is 17.8 Å². The molecule has 106 valence electrons. The molecule has 2 aliphatic rings. The van der Waals surface area contributed by atoms with Gasteiger partial charge >= 0.3 is 0 Å². The van der Waals surface area contributed by atoms with Gasteiger partial charge in [0.1, 0.15) is 0 Å². The van der Waals surface area contributed by atoms with Crippen LogP contribution in [-0.2, 0) is 4.74 Å². The van der Waals surface area contributed by atoms with E-state index in [1.165, 1.54) is 6.42 Å². The number of hydrogen-bond donors (Lipinski definition) is 1. The maximum atomic E-state index is 10.3. The van der Waals surface area contributed by atoms with Gasteiger partial charge in [0.15, 0.2) is 0 Å². The van der Waals surface area contributed by atoms with Crippen LogP contribution in [0.3, 0.4) is 0 Å². The molecule has 0 aromatic heterocycles. The van der Waals surface area contributed by atoms with Gasteiger partial charge in [0.2, 0.25) is 0 Å². The summed E-state index contributed by atoms with van der Waals surface area (Å²) in [6.07, 6.45) is 4.43. The Morgan fingerprint density at radius 2 is 1.83 bits per heavy atom. The molecule has 0 aromatic rings. The fourth-order valence-corrected chi connectivity index (χ4v) is 3.78. The second-order valence-electron chi connectivity index (χ2n) is 6.57. The predicted octanol–water partition coefficient (Wildman–Crippen LogP) is 2.14. The molecule has 0 radical (unpaired) electrons.